The summed E-state index contributed by atoms with van der Waals surface area (Å²) >= 11 is 11.8. The molecule has 0 spiro atoms. The molecule has 1 aliphatic carbocycles. The van der Waals surface area contributed by atoms with Gasteiger partial charge in [-0.2, -0.15) is 0 Å². The molecule has 0 aliphatic heterocycles. The summed E-state index contributed by atoms with van der Waals surface area (Å²) in [6.07, 6.45) is 2.04. The predicted octanol–water partition coefficient (Wildman–Crippen LogP) is 3.05. The third-order valence-electron chi connectivity index (χ3n) is 2.99. The van der Waals surface area contributed by atoms with Gasteiger partial charge in [0.2, 0.25) is 0 Å². The van der Waals surface area contributed by atoms with Crippen LogP contribution in [0.1, 0.15) is 25.3 Å². The van der Waals surface area contributed by atoms with Crippen LogP contribution in [0.2, 0.25) is 10.0 Å². The Morgan fingerprint density at radius 3 is 2.53 bits per heavy atom. The van der Waals surface area contributed by atoms with E-state index in [4.69, 9.17) is 23.2 Å². The molecule has 0 amide bonds. The van der Waals surface area contributed by atoms with E-state index in [1.54, 1.807) is 25.1 Å². The standard InChI is InChI=1S/C12H13Cl2NO2/c1-12(11(16)17,15-8-3-4-8)7-2-5-9(13)10(14)6-7/h2,5-6,8,15H,3-4H2,1H3,(H,16,17). The number of hydrogen-bond donors (Lipinski definition) is 2. The van der Waals surface area contributed by atoms with E-state index < -0.39 is 11.5 Å². The number of carboxylic acids is 1. The normalized spacial score (nSPS) is 18.8. The van der Waals surface area contributed by atoms with Crippen LogP contribution in [-0.4, -0.2) is 17.1 Å². The molecule has 1 aliphatic rings. The first-order valence-electron chi connectivity index (χ1n) is 5.40. The number of hydrogen-bond acceptors (Lipinski definition) is 2. The predicted molar refractivity (Wildman–Crippen MR) is 67.6 cm³/mol. The van der Waals surface area contributed by atoms with Crippen LogP contribution in [0.15, 0.2) is 18.2 Å². The van der Waals surface area contributed by atoms with E-state index in [-0.39, 0.29) is 6.04 Å². The molecule has 2 N–H and O–H groups in total. The van der Waals surface area contributed by atoms with Crippen LogP contribution in [0.3, 0.4) is 0 Å². The minimum Gasteiger partial charge on any atom is -0.480 e. The number of nitrogens with one attached hydrogen (secondary N) is 1. The third kappa shape index (κ3) is 2.57. The van der Waals surface area contributed by atoms with Crippen LogP contribution in [0, 0.1) is 0 Å². The van der Waals surface area contributed by atoms with E-state index in [0.29, 0.717) is 15.6 Å². The van der Waals surface area contributed by atoms with Crippen molar-refractivity contribution >= 4 is 29.2 Å². The van der Waals surface area contributed by atoms with Crippen LogP contribution in [-0.2, 0) is 10.3 Å². The summed E-state index contributed by atoms with van der Waals surface area (Å²) in [7, 11) is 0. The van der Waals surface area contributed by atoms with Gasteiger partial charge in [-0.1, -0.05) is 29.3 Å². The second kappa shape index (κ2) is 4.48. The van der Waals surface area contributed by atoms with Crippen molar-refractivity contribution in [1.29, 1.82) is 0 Å². The molecular weight excluding hydrogens is 261 g/mol. The van der Waals surface area contributed by atoms with Crippen LogP contribution in [0.4, 0.5) is 0 Å². The molecule has 0 saturated heterocycles. The molecule has 1 unspecified atom stereocenters. The van der Waals surface area contributed by atoms with Crippen LogP contribution < -0.4 is 5.32 Å². The first-order valence-corrected chi connectivity index (χ1v) is 6.15. The molecule has 2 rings (SSSR count). The Labute approximate surface area is 110 Å². The highest BCUT2D eigenvalue weighted by atomic mass is 35.5. The van der Waals surface area contributed by atoms with Crippen molar-refractivity contribution < 1.29 is 9.90 Å². The van der Waals surface area contributed by atoms with Gasteiger partial charge in [0.1, 0.15) is 5.54 Å². The second-order valence-electron chi connectivity index (χ2n) is 4.48. The zero-order chi connectivity index (χ0) is 12.6. The fourth-order valence-corrected chi connectivity index (χ4v) is 2.01. The minimum absolute atomic E-state index is 0.283. The Morgan fingerprint density at radius 1 is 1.41 bits per heavy atom. The molecule has 0 heterocycles. The van der Waals surface area contributed by atoms with Gasteiger partial charge in [0.15, 0.2) is 0 Å². The van der Waals surface area contributed by atoms with E-state index in [9.17, 15) is 9.90 Å². The van der Waals surface area contributed by atoms with E-state index in [1.807, 2.05) is 0 Å². The van der Waals surface area contributed by atoms with Crippen molar-refractivity contribution in [3.05, 3.63) is 33.8 Å². The lowest BCUT2D eigenvalue weighted by Gasteiger charge is -2.27. The van der Waals surface area contributed by atoms with Gasteiger partial charge in [0.25, 0.3) is 0 Å². The summed E-state index contributed by atoms with van der Waals surface area (Å²) in [6, 6.07) is 5.20. The van der Waals surface area contributed by atoms with Crippen LogP contribution >= 0.6 is 23.2 Å². The summed E-state index contributed by atoms with van der Waals surface area (Å²) in [4.78, 5) is 11.4. The summed E-state index contributed by atoms with van der Waals surface area (Å²) < 4.78 is 0. The van der Waals surface area contributed by atoms with Gasteiger partial charge in [-0.05, 0) is 37.5 Å². The quantitative estimate of drug-likeness (QED) is 0.887. The summed E-state index contributed by atoms with van der Waals surface area (Å²) in [5, 5.41) is 13.3. The number of aliphatic carboxylic acids is 1. The van der Waals surface area contributed by atoms with Gasteiger partial charge < -0.3 is 5.11 Å². The fourth-order valence-electron chi connectivity index (χ4n) is 1.71. The van der Waals surface area contributed by atoms with E-state index in [1.165, 1.54) is 0 Å². The molecule has 5 heteroatoms. The highest BCUT2D eigenvalue weighted by Crippen LogP contribution is 2.32. The van der Waals surface area contributed by atoms with Crippen molar-refractivity contribution in [2.45, 2.75) is 31.3 Å². The van der Waals surface area contributed by atoms with Crippen molar-refractivity contribution in [1.82, 2.24) is 5.32 Å². The zero-order valence-electron chi connectivity index (χ0n) is 9.34. The topological polar surface area (TPSA) is 49.3 Å². The lowest BCUT2D eigenvalue weighted by Crippen LogP contribution is -2.47. The highest BCUT2D eigenvalue weighted by molar-refractivity contribution is 6.42. The Bertz CT molecular complexity index is 460. The van der Waals surface area contributed by atoms with Crippen molar-refractivity contribution in [3.63, 3.8) is 0 Å². The third-order valence-corrected chi connectivity index (χ3v) is 3.73. The van der Waals surface area contributed by atoms with Gasteiger partial charge >= 0.3 is 5.97 Å². The highest BCUT2D eigenvalue weighted by Gasteiger charge is 2.40. The second-order valence-corrected chi connectivity index (χ2v) is 5.29. The first kappa shape index (κ1) is 12.7. The van der Waals surface area contributed by atoms with Gasteiger partial charge in [-0.25, -0.2) is 4.79 Å². The Kier molecular flexibility index (Phi) is 3.34. The van der Waals surface area contributed by atoms with Gasteiger partial charge in [-0.15, -0.1) is 0 Å². The van der Waals surface area contributed by atoms with Crippen molar-refractivity contribution in [2.75, 3.05) is 0 Å². The van der Waals surface area contributed by atoms with Crippen LogP contribution in [0.5, 0.6) is 0 Å². The Balaban J connectivity index is 2.36. The van der Waals surface area contributed by atoms with Gasteiger partial charge in [-0.3, -0.25) is 5.32 Å². The first-order chi connectivity index (χ1) is 7.93. The fraction of sp³-hybridized carbons (Fsp3) is 0.417. The lowest BCUT2D eigenvalue weighted by molar-refractivity contribution is -0.144. The average Bonchev–Trinajstić information content (AvgIpc) is 3.05. The minimum atomic E-state index is -1.12. The van der Waals surface area contributed by atoms with Gasteiger partial charge in [0.05, 0.1) is 10.0 Å². The number of benzene rings is 1. The van der Waals surface area contributed by atoms with E-state index in [2.05, 4.69) is 5.32 Å². The van der Waals surface area contributed by atoms with Crippen molar-refractivity contribution in [2.24, 2.45) is 0 Å². The maximum atomic E-state index is 11.4. The SMILES string of the molecule is CC(NC1CC1)(C(=O)O)c1ccc(Cl)c(Cl)c1. The maximum absolute atomic E-state index is 11.4. The van der Waals surface area contributed by atoms with E-state index >= 15 is 0 Å². The molecular formula is C12H13Cl2NO2. The smallest absolute Gasteiger partial charge is 0.328 e. The molecule has 1 fully saturated rings. The molecule has 17 heavy (non-hydrogen) atoms. The molecule has 3 nitrogen and oxygen atoms in total. The zero-order valence-corrected chi connectivity index (χ0v) is 10.8. The molecule has 0 radical (unpaired) electrons. The molecule has 1 atom stereocenters. The summed E-state index contributed by atoms with van der Waals surface area (Å²) in [5.41, 5.74) is -0.499. The lowest BCUT2D eigenvalue weighted by atomic mass is 9.92. The number of carbonyl (C=O) groups is 1. The molecule has 1 saturated carbocycles. The maximum Gasteiger partial charge on any atom is 0.328 e. The molecule has 92 valence electrons. The van der Waals surface area contributed by atoms with E-state index in [0.717, 1.165) is 12.8 Å². The largest absolute Gasteiger partial charge is 0.480 e. The molecule has 0 aromatic heterocycles. The van der Waals surface area contributed by atoms with Crippen molar-refractivity contribution in [3.8, 4) is 0 Å². The Morgan fingerprint density at radius 2 is 2.06 bits per heavy atom. The van der Waals surface area contributed by atoms with Gasteiger partial charge in [0, 0.05) is 6.04 Å². The summed E-state index contributed by atoms with van der Waals surface area (Å²) in [5.74, 6) is -0.914. The van der Waals surface area contributed by atoms with Crippen LogP contribution in [0.25, 0.3) is 0 Å². The molecule has 0 bridgehead atoms. The average molecular weight is 274 g/mol. The number of rotatable bonds is 4. The molecule has 1 aromatic carbocycles. The Hall–Kier alpha value is -0.770. The summed E-state index contributed by atoms with van der Waals surface area (Å²) in [6.45, 7) is 1.65. The molecule has 1 aromatic rings. The number of halogens is 2. The monoisotopic (exact) mass is 273 g/mol. The number of carboxylic acid groups (broad SMARTS) is 1.